The number of fused-ring (bicyclic) bond motifs is 1. The van der Waals surface area contributed by atoms with Crippen LogP contribution in [0.25, 0.3) is 11.0 Å². The SMILES string of the molecule is Nc1cnc2ccc(Cl)nc2c1N[C@H]1CCN(C(=O)O)C1. The number of hydrogen-bond acceptors (Lipinski definition) is 5. The van der Waals surface area contributed by atoms with E-state index in [1.165, 1.54) is 4.90 Å². The van der Waals surface area contributed by atoms with E-state index >= 15 is 0 Å². The summed E-state index contributed by atoms with van der Waals surface area (Å²) in [7, 11) is 0. The lowest BCUT2D eigenvalue weighted by atomic mass is 10.2. The number of hydrogen-bond donors (Lipinski definition) is 3. The number of carbonyl (C=O) groups is 1. The van der Waals surface area contributed by atoms with E-state index in [1.807, 2.05) is 0 Å². The fourth-order valence-corrected chi connectivity index (χ4v) is 2.61. The van der Waals surface area contributed by atoms with Gasteiger partial charge in [-0.3, -0.25) is 4.98 Å². The number of rotatable bonds is 2. The van der Waals surface area contributed by atoms with Crippen molar-refractivity contribution in [3.05, 3.63) is 23.5 Å². The van der Waals surface area contributed by atoms with Gasteiger partial charge in [0.1, 0.15) is 10.7 Å². The van der Waals surface area contributed by atoms with E-state index in [0.717, 1.165) is 6.42 Å². The molecule has 3 heterocycles. The first kappa shape index (κ1) is 13.7. The molecule has 1 aliphatic rings. The van der Waals surface area contributed by atoms with Crippen LogP contribution in [0.5, 0.6) is 0 Å². The summed E-state index contributed by atoms with van der Waals surface area (Å²) < 4.78 is 0. The van der Waals surface area contributed by atoms with Crippen molar-refractivity contribution in [1.82, 2.24) is 14.9 Å². The normalized spacial score (nSPS) is 18.1. The first-order valence-corrected chi connectivity index (χ1v) is 6.87. The molecule has 1 amide bonds. The predicted molar refractivity (Wildman–Crippen MR) is 80.6 cm³/mol. The molecule has 0 radical (unpaired) electrons. The van der Waals surface area contributed by atoms with Crippen molar-refractivity contribution in [2.75, 3.05) is 24.1 Å². The second kappa shape index (κ2) is 5.25. The molecule has 0 unspecified atom stereocenters. The van der Waals surface area contributed by atoms with Crippen LogP contribution in [-0.2, 0) is 0 Å². The third kappa shape index (κ3) is 2.64. The zero-order valence-corrected chi connectivity index (χ0v) is 11.8. The van der Waals surface area contributed by atoms with Gasteiger partial charge in [-0.15, -0.1) is 0 Å². The second-order valence-corrected chi connectivity index (χ2v) is 5.34. The van der Waals surface area contributed by atoms with Crippen molar-refractivity contribution in [3.63, 3.8) is 0 Å². The maximum absolute atomic E-state index is 11.0. The topological polar surface area (TPSA) is 104 Å². The van der Waals surface area contributed by atoms with Crippen LogP contribution < -0.4 is 11.1 Å². The minimum atomic E-state index is -0.909. The molecule has 110 valence electrons. The molecular weight excluding hydrogens is 294 g/mol. The summed E-state index contributed by atoms with van der Waals surface area (Å²) in [4.78, 5) is 20.8. The number of likely N-dealkylation sites (tertiary alicyclic amines) is 1. The van der Waals surface area contributed by atoms with Gasteiger partial charge in [0.25, 0.3) is 0 Å². The number of nitrogens with zero attached hydrogens (tertiary/aromatic N) is 3. The summed E-state index contributed by atoms with van der Waals surface area (Å²) >= 11 is 5.93. The van der Waals surface area contributed by atoms with E-state index in [9.17, 15) is 4.79 Å². The number of carboxylic acid groups (broad SMARTS) is 1. The number of pyridine rings is 2. The van der Waals surface area contributed by atoms with Gasteiger partial charge in [-0.1, -0.05) is 11.6 Å². The van der Waals surface area contributed by atoms with Gasteiger partial charge < -0.3 is 21.1 Å². The van der Waals surface area contributed by atoms with E-state index in [4.69, 9.17) is 22.4 Å². The van der Waals surface area contributed by atoms with Gasteiger partial charge in [-0.2, -0.15) is 0 Å². The van der Waals surface area contributed by atoms with Crippen LogP contribution in [-0.4, -0.2) is 45.2 Å². The van der Waals surface area contributed by atoms with Crippen molar-refractivity contribution >= 4 is 40.1 Å². The van der Waals surface area contributed by atoms with Gasteiger partial charge in [0.2, 0.25) is 0 Å². The third-order valence-corrected chi connectivity index (χ3v) is 3.73. The third-order valence-electron chi connectivity index (χ3n) is 3.52. The van der Waals surface area contributed by atoms with Gasteiger partial charge in [0.15, 0.2) is 0 Å². The number of anilines is 2. The monoisotopic (exact) mass is 307 g/mol. The molecule has 0 saturated carbocycles. The summed E-state index contributed by atoms with van der Waals surface area (Å²) in [6.07, 6.45) is 1.37. The standard InChI is InChI=1S/C13H14ClN5O2/c14-10-2-1-9-12(18-10)11(8(15)5-16-9)17-7-3-4-19(6-7)13(20)21/h1-2,5,7H,3-4,6,15H2,(H,16,17)(H,20,21)/t7-/m0/s1. The Morgan fingerprint density at radius 2 is 2.33 bits per heavy atom. The Bertz CT molecular complexity index is 703. The molecule has 0 aliphatic carbocycles. The average molecular weight is 308 g/mol. The first-order chi connectivity index (χ1) is 10.0. The molecule has 0 bridgehead atoms. The Morgan fingerprint density at radius 3 is 3.05 bits per heavy atom. The van der Waals surface area contributed by atoms with Crippen LogP contribution in [0.1, 0.15) is 6.42 Å². The van der Waals surface area contributed by atoms with E-state index in [2.05, 4.69) is 15.3 Å². The smallest absolute Gasteiger partial charge is 0.407 e. The first-order valence-electron chi connectivity index (χ1n) is 6.50. The van der Waals surface area contributed by atoms with Gasteiger partial charge in [0, 0.05) is 19.1 Å². The molecule has 2 aromatic heterocycles. The minimum absolute atomic E-state index is 0.00483. The Labute approximate surface area is 125 Å². The highest BCUT2D eigenvalue weighted by molar-refractivity contribution is 6.29. The lowest BCUT2D eigenvalue weighted by molar-refractivity contribution is 0.155. The molecule has 1 aliphatic heterocycles. The molecule has 7 nitrogen and oxygen atoms in total. The summed E-state index contributed by atoms with van der Waals surface area (Å²) in [6, 6.07) is 3.43. The molecule has 2 aromatic rings. The largest absolute Gasteiger partial charge is 0.465 e. The molecule has 1 saturated heterocycles. The van der Waals surface area contributed by atoms with E-state index < -0.39 is 6.09 Å². The van der Waals surface area contributed by atoms with E-state index in [-0.39, 0.29) is 6.04 Å². The van der Waals surface area contributed by atoms with Crippen LogP contribution in [0.15, 0.2) is 18.3 Å². The molecule has 8 heteroatoms. The fourth-order valence-electron chi connectivity index (χ4n) is 2.46. The molecule has 4 N–H and O–H groups in total. The number of nitrogens with two attached hydrogens (primary N) is 1. The molecule has 21 heavy (non-hydrogen) atoms. The lowest BCUT2D eigenvalue weighted by Gasteiger charge is -2.17. The summed E-state index contributed by atoms with van der Waals surface area (Å²) in [6.45, 7) is 0.920. The number of amides is 1. The molecule has 1 atom stereocenters. The molecular formula is C13H14ClN5O2. The number of halogens is 1. The molecule has 1 fully saturated rings. The minimum Gasteiger partial charge on any atom is -0.465 e. The molecule has 0 aromatic carbocycles. The van der Waals surface area contributed by atoms with Gasteiger partial charge >= 0.3 is 6.09 Å². The maximum Gasteiger partial charge on any atom is 0.407 e. The van der Waals surface area contributed by atoms with Crippen LogP contribution in [0.4, 0.5) is 16.2 Å². The van der Waals surface area contributed by atoms with Crippen LogP contribution in [0, 0.1) is 0 Å². The summed E-state index contributed by atoms with van der Waals surface area (Å²) in [5.74, 6) is 0. The zero-order valence-electron chi connectivity index (χ0n) is 11.1. The van der Waals surface area contributed by atoms with Crippen molar-refractivity contribution in [1.29, 1.82) is 0 Å². The zero-order chi connectivity index (χ0) is 15.0. The van der Waals surface area contributed by atoms with Crippen molar-refractivity contribution in [2.45, 2.75) is 12.5 Å². The van der Waals surface area contributed by atoms with Crippen molar-refractivity contribution < 1.29 is 9.90 Å². The van der Waals surface area contributed by atoms with Gasteiger partial charge in [-0.25, -0.2) is 9.78 Å². The highest BCUT2D eigenvalue weighted by atomic mass is 35.5. The van der Waals surface area contributed by atoms with E-state index in [1.54, 1.807) is 18.3 Å². The summed E-state index contributed by atoms with van der Waals surface area (Å²) in [5.41, 5.74) is 8.37. The molecule has 3 rings (SSSR count). The molecule has 0 spiro atoms. The van der Waals surface area contributed by atoms with Gasteiger partial charge in [-0.05, 0) is 18.6 Å². The van der Waals surface area contributed by atoms with Crippen LogP contribution in [0.3, 0.4) is 0 Å². The fraction of sp³-hybridized carbons (Fsp3) is 0.308. The lowest BCUT2D eigenvalue weighted by Crippen LogP contribution is -2.30. The predicted octanol–water partition coefficient (Wildman–Crippen LogP) is 2.03. The van der Waals surface area contributed by atoms with Crippen LogP contribution >= 0.6 is 11.6 Å². The highest BCUT2D eigenvalue weighted by Gasteiger charge is 2.26. The Hall–Kier alpha value is -2.28. The summed E-state index contributed by atoms with van der Waals surface area (Å²) in [5, 5.41) is 12.6. The Kier molecular flexibility index (Phi) is 3.42. The van der Waals surface area contributed by atoms with Gasteiger partial charge in [0.05, 0.1) is 23.1 Å². The Morgan fingerprint density at radius 1 is 1.52 bits per heavy atom. The van der Waals surface area contributed by atoms with Crippen molar-refractivity contribution in [2.24, 2.45) is 0 Å². The van der Waals surface area contributed by atoms with E-state index in [0.29, 0.717) is 40.7 Å². The second-order valence-electron chi connectivity index (χ2n) is 4.95. The number of nitrogen functional groups attached to an aromatic ring is 1. The maximum atomic E-state index is 11.0. The Balaban J connectivity index is 1.92. The highest BCUT2D eigenvalue weighted by Crippen LogP contribution is 2.29. The average Bonchev–Trinajstić information content (AvgIpc) is 2.91. The quantitative estimate of drug-likeness (QED) is 0.733. The number of aromatic nitrogens is 2. The number of nitrogens with one attached hydrogen (secondary N) is 1. The van der Waals surface area contributed by atoms with Crippen LogP contribution in [0.2, 0.25) is 5.15 Å². The van der Waals surface area contributed by atoms with Crippen molar-refractivity contribution in [3.8, 4) is 0 Å².